The van der Waals surface area contributed by atoms with Gasteiger partial charge in [-0.25, -0.2) is 0 Å². The van der Waals surface area contributed by atoms with Gasteiger partial charge in [-0.2, -0.15) is 0 Å². The van der Waals surface area contributed by atoms with Gasteiger partial charge in [0.1, 0.15) is 12.4 Å². The molecule has 0 aliphatic rings. The molecule has 2 aromatic rings. The Morgan fingerprint density at radius 1 is 0.958 bits per heavy atom. The van der Waals surface area contributed by atoms with E-state index in [0.29, 0.717) is 6.61 Å². The second kappa shape index (κ2) is 10.1. The normalized spacial score (nSPS) is 11.0. The van der Waals surface area contributed by atoms with Gasteiger partial charge in [-0.05, 0) is 43.3 Å². The van der Waals surface area contributed by atoms with Crippen LogP contribution >= 0.6 is 0 Å². The van der Waals surface area contributed by atoms with Gasteiger partial charge in [0.2, 0.25) is 0 Å². The Morgan fingerprint density at radius 2 is 1.71 bits per heavy atom. The minimum atomic E-state index is 0.614. The maximum atomic E-state index is 5.86. The van der Waals surface area contributed by atoms with Crippen molar-refractivity contribution in [2.45, 2.75) is 33.9 Å². The topological polar surface area (TPSA) is 24.5 Å². The fourth-order valence-electron chi connectivity index (χ4n) is 2.68. The highest BCUT2D eigenvalue weighted by Crippen LogP contribution is 2.14. The Kier molecular flexibility index (Phi) is 7.80. The molecular weight excluding hydrogens is 296 g/mol. The molecule has 1 N–H and O–H groups in total. The lowest BCUT2D eigenvalue weighted by Gasteiger charge is -2.18. The fraction of sp³-hybridized carbons (Fsp3) is 0.429. The molecule has 0 saturated carbocycles. The summed E-state index contributed by atoms with van der Waals surface area (Å²) < 4.78 is 5.86. The van der Waals surface area contributed by atoms with Crippen molar-refractivity contribution in [3.05, 3.63) is 65.2 Å². The monoisotopic (exact) mass is 326 g/mol. The summed E-state index contributed by atoms with van der Waals surface area (Å²) in [5, 5.41) is 3.50. The molecule has 0 spiro atoms. The largest absolute Gasteiger partial charge is 0.489 e. The Balaban J connectivity index is 1.72. The number of hydrogen-bond donors (Lipinski definition) is 1. The molecule has 3 nitrogen and oxygen atoms in total. The number of nitrogens with one attached hydrogen (secondary N) is 1. The van der Waals surface area contributed by atoms with Gasteiger partial charge in [0.15, 0.2) is 0 Å². The van der Waals surface area contributed by atoms with Crippen molar-refractivity contribution < 1.29 is 4.74 Å². The zero-order valence-electron chi connectivity index (χ0n) is 15.2. The lowest BCUT2D eigenvalue weighted by atomic mass is 10.1. The van der Waals surface area contributed by atoms with Crippen molar-refractivity contribution in [2.75, 3.05) is 26.2 Å². The first kappa shape index (κ1) is 18.5. The molecule has 24 heavy (non-hydrogen) atoms. The van der Waals surface area contributed by atoms with Gasteiger partial charge >= 0.3 is 0 Å². The maximum absolute atomic E-state index is 5.86. The molecule has 0 saturated heterocycles. The summed E-state index contributed by atoms with van der Waals surface area (Å²) in [6.07, 6.45) is 0. The van der Waals surface area contributed by atoms with Crippen LogP contribution in [0.25, 0.3) is 0 Å². The average molecular weight is 326 g/mol. The van der Waals surface area contributed by atoms with Crippen molar-refractivity contribution in [3.63, 3.8) is 0 Å². The number of benzene rings is 2. The number of rotatable bonds is 10. The van der Waals surface area contributed by atoms with Crippen molar-refractivity contribution >= 4 is 0 Å². The molecule has 0 fully saturated rings. The summed E-state index contributed by atoms with van der Waals surface area (Å²) in [5.41, 5.74) is 3.76. The van der Waals surface area contributed by atoms with E-state index in [9.17, 15) is 0 Å². The Labute approximate surface area is 146 Å². The highest BCUT2D eigenvalue weighted by atomic mass is 16.5. The summed E-state index contributed by atoms with van der Waals surface area (Å²) in [7, 11) is 0. The molecule has 0 radical (unpaired) electrons. The molecular formula is C21H30N2O. The second-order valence-corrected chi connectivity index (χ2v) is 6.13. The summed E-state index contributed by atoms with van der Waals surface area (Å²) in [6.45, 7) is 12.4. The van der Waals surface area contributed by atoms with E-state index in [-0.39, 0.29) is 0 Å². The molecule has 0 aromatic heterocycles. The summed E-state index contributed by atoms with van der Waals surface area (Å²) in [4.78, 5) is 2.43. The quantitative estimate of drug-likeness (QED) is 0.668. The van der Waals surface area contributed by atoms with Crippen LogP contribution in [0.2, 0.25) is 0 Å². The van der Waals surface area contributed by atoms with E-state index in [1.165, 1.54) is 16.7 Å². The van der Waals surface area contributed by atoms with E-state index in [2.05, 4.69) is 79.5 Å². The van der Waals surface area contributed by atoms with Crippen molar-refractivity contribution in [1.82, 2.24) is 10.2 Å². The second-order valence-electron chi connectivity index (χ2n) is 6.13. The number of aryl methyl sites for hydroxylation is 1. The molecule has 0 atom stereocenters. The van der Waals surface area contributed by atoms with Gasteiger partial charge in [0.05, 0.1) is 0 Å². The SMILES string of the molecule is CCN(CC)CCNCc1ccc(OCc2cccc(C)c2)cc1. The van der Waals surface area contributed by atoms with Crippen molar-refractivity contribution in [3.8, 4) is 5.75 Å². The van der Waals surface area contributed by atoms with Crippen LogP contribution in [0.5, 0.6) is 5.75 Å². The van der Waals surface area contributed by atoms with Crippen LogP contribution in [0.4, 0.5) is 0 Å². The maximum Gasteiger partial charge on any atom is 0.119 e. The minimum Gasteiger partial charge on any atom is -0.489 e. The van der Waals surface area contributed by atoms with Crippen LogP contribution in [0, 0.1) is 6.92 Å². The third kappa shape index (κ3) is 6.34. The zero-order valence-corrected chi connectivity index (χ0v) is 15.2. The van der Waals surface area contributed by atoms with Crippen molar-refractivity contribution in [2.24, 2.45) is 0 Å². The highest BCUT2D eigenvalue weighted by Gasteiger charge is 2.00. The van der Waals surface area contributed by atoms with Gasteiger partial charge in [-0.15, -0.1) is 0 Å². The molecule has 3 heteroatoms. The van der Waals surface area contributed by atoms with E-state index in [0.717, 1.165) is 38.5 Å². The van der Waals surface area contributed by atoms with Crippen LogP contribution in [-0.4, -0.2) is 31.1 Å². The third-order valence-corrected chi connectivity index (χ3v) is 4.24. The minimum absolute atomic E-state index is 0.614. The summed E-state index contributed by atoms with van der Waals surface area (Å²) in [6, 6.07) is 16.8. The molecule has 0 aliphatic carbocycles. The van der Waals surface area contributed by atoms with E-state index < -0.39 is 0 Å². The number of ether oxygens (including phenoxy) is 1. The predicted molar refractivity (Wildman–Crippen MR) is 101 cm³/mol. The Bertz CT molecular complexity index is 591. The van der Waals surface area contributed by atoms with E-state index in [4.69, 9.17) is 4.74 Å². The predicted octanol–water partition coefficient (Wildman–Crippen LogP) is 4.01. The first-order valence-corrected chi connectivity index (χ1v) is 8.91. The number of likely N-dealkylation sites (N-methyl/N-ethyl adjacent to an activating group) is 1. The van der Waals surface area contributed by atoms with Gasteiger partial charge in [-0.3, -0.25) is 0 Å². The third-order valence-electron chi connectivity index (χ3n) is 4.24. The standard InChI is InChI=1S/C21H30N2O/c1-4-23(5-2)14-13-22-16-19-9-11-21(12-10-19)24-17-20-8-6-7-18(3)15-20/h6-12,15,22H,4-5,13-14,16-17H2,1-3H3. The molecule has 0 bridgehead atoms. The molecule has 0 amide bonds. The lowest BCUT2D eigenvalue weighted by molar-refractivity contribution is 0.302. The molecule has 0 aliphatic heterocycles. The van der Waals surface area contributed by atoms with E-state index >= 15 is 0 Å². The van der Waals surface area contributed by atoms with Crippen LogP contribution in [0.1, 0.15) is 30.5 Å². The highest BCUT2D eigenvalue weighted by molar-refractivity contribution is 5.28. The van der Waals surface area contributed by atoms with Crippen LogP contribution in [0.15, 0.2) is 48.5 Å². The molecule has 2 rings (SSSR count). The van der Waals surface area contributed by atoms with Gasteiger partial charge in [0.25, 0.3) is 0 Å². The van der Waals surface area contributed by atoms with Gasteiger partial charge in [0, 0.05) is 19.6 Å². The lowest BCUT2D eigenvalue weighted by Crippen LogP contribution is -2.31. The number of nitrogens with zero attached hydrogens (tertiary/aromatic N) is 1. The van der Waals surface area contributed by atoms with Crippen LogP contribution in [0.3, 0.4) is 0 Å². The summed E-state index contributed by atoms with van der Waals surface area (Å²) in [5.74, 6) is 0.920. The van der Waals surface area contributed by atoms with Crippen LogP contribution in [-0.2, 0) is 13.2 Å². The van der Waals surface area contributed by atoms with Crippen molar-refractivity contribution in [1.29, 1.82) is 0 Å². The molecule has 0 unspecified atom stereocenters. The Morgan fingerprint density at radius 3 is 2.38 bits per heavy atom. The first-order chi connectivity index (χ1) is 11.7. The average Bonchev–Trinajstić information content (AvgIpc) is 2.61. The molecule has 2 aromatic carbocycles. The van der Waals surface area contributed by atoms with Gasteiger partial charge in [-0.1, -0.05) is 55.8 Å². The smallest absolute Gasteiger partial charge is 0.119 e. The zero-order chi connectivity index (χ0) is 17.2. The Hall–Kier alpha value is -1.84. The van der Waals surface area contributed by atoms with Gasteiger partial charge < -0.3 is 15.0 Å². The number of hydrogen-bond acceptors (Lipinski definition) is 3. The fourth-order valence-corrected chi connectivity index (χ4v) is 2.68. The molecule has 130 valence electrons. The van der Waals surface area contributed by atoms with Crippen LogP contribution < -0.4 is 10.1 Å². The summed E-state index contributed by atoms with van der Waals surface area (Å²) >= 11 is 0. The first-order valence-electron chi connectivity index (χ1n) is 8.91. The van der Waals surface area contributed by atoms with E-state index in [1.54, 1.807) is 0 Å². The molecule has 0 heterocycles. The van der Waals surface area contributed by atoms with E-state index in [1.807, 2.05) is 0 Å².